The fraction of sp³-hybridized carbons (Fsp3) is 0. The molecule has 12 heavy (non-hydrogen) atoms. The summed E-state index contributed by atoms with van der Waals surface area (Å²) in [6.07, 6.45) is 0. The summed E-state index contributed by atoms with van der Waals surface area (Å²) in [5, 5.41) is 2.05. The van der Waals surface area contributed by atoms with Crippen LogP contribution in [0.5, 0.6) is 0 Å². The molecule has 0 aliphatic heterocycles. The third kappa shape index (κ3) is 1.47. The van der Waals surface area contributed by atoms with Gasteiger partial charge in [0.05, 0.1) is 10.6 Å². The largest absolute Gasteiger partial charge is 0.345 e. The maximum absolute atomic E-state index is 5.02. The van der Waals surface area contributed by atoms with Crippen LogP contribution in [0.25, 0.3) is 10.6 Å². The highest BCUT2D eigenvalue weighted by Crippen LogP contribution is 2.21. The van der Waals surface area contributed by atoms with Crippen LogP contribution in [0.2, 0.25) is 0 Å². The first-order valence-corrected chi connectivity index (χ1v) is 4.88. The lowest BCUT2D eigenvalue weighted by molar-refractivity contribution is 1.31. The van der Waals surface area contributed by atoms with Crippen LogP contribution in [0.15, 0.2) is 35.7 Å². The first-order valence-electron chi connectivity index (χ1n) is 3.59. The Morgan fingerprint density at radius 3 is 2.75 bits per heavy atom. The molecular weight excluding hydrogens is 186 g/mol. The first kappa shape index (κ1) is 7.71. The number of hydrogen-bond donors (Lipinski definition) is 1. The molecule has 0 saturated heterocycles. The highest BCUT2D eigenvalue weighted by molar-refractivity contribution is 7.71. The van der Waals surface area contributed by atoms with Gasteiger partial charge in [-0.25, -0.2) is 0 Å². The van der Waals surface area contributed by atoms with Crippen molar-refractivity contribution in [3.8, 4) is 10.6 Å². The fourth-order valence-corrected chi connectivity index (χ4v) is 1.92. The van der Waals surface area contributed by atoms with E-state index in [4.69, 9.17) is 12.2 Å². The zero-order chi connectivity index (χ0) is 8.39. The van der Waals surface area contributed by atoms with Crippen molar-refractivity contribution in [1.29, 1.82) is 0 Å². The van der Waals surface area contributed by atoms with E-state index in [0.29, 0.717) is 0 Å². The molecule has 0 aliphatic carbocycles. The Balaban J connectivity index is 2.55. The van der Waals surface area contributed by atoms with Crippen LogP contribution < -0.4 is 0 Å². The maximum atomic E-state index is 5.02. The normalized spacial score (nSPS) is 10.0. The number of thiophene rings is 1. The van der Waals surface area contributed by atoms with Crippen molar-refractivity contribution in [1.82, 2.24) is 4.98 Å². The van der Waals surface area contributed by atoms with Crippen molar-refractivity contribution in [3.05, 3.63) is 40.4 Å². The van der Waals surface area contributed by atoms with Gasteiger partial charge in [-0.3, -0.25) is 0 Å². The van der Waals surface area contributed by atoms with E-state index in [2.05, 4.69) is 16.4 Å². The van der Waals surface area contributed by atoms with Crippen LogP contribution in [0.3, 0.4) is 0 Å². The highest BCUT2D eigenvalue weighted by Gasteiger charge is 1.95. The third-order valence-electron chi connectivity index (χ3n) is 1.55. The molecule has 3 heteroatoms. The minimum atomic E-state index is 0.779. The van der Waals surface area contributed by atoms with Crippen molar-refractivity contribution in [2.45, 2.75) is 0 Å². The van der Waals surface area contributed by atoms with E-state index in [1.807, 2.05) is 24.3 Å². The molecule has 2 aromatic rings. The summed E-state index contributed by atoms with van der Waals surface area (Å²) in [4.78, 5) is 4.36. The van der Waals surface area contributed by atoms with Gasteiger partial charge in [0.2, 0.25) is 0 Å². The van der Waals surface area contributed by atoms with Crippen molar-refractivity contribution < 1.29 is 0 Å². The molecule has 2 rings (SSSR count). The van der Waals surface area contributed by atoms with Crippen LogP contribution in [-0.4, -0.2) is 4.98 Å². The molecule has 1 N–H and O–H groups in total. The van der Waals surface area contributed by atoms with Gasteiger partial charge in [0.15, 0.2) is 0 Å². The molecule has 2 aromatic heterocycles. The number of aromatic nitrogens is 1. The predicted molar refractivity (Wildman–Crippen MR) is 54.9 cm³/mol. The lowest BCUT2D eigenvalue weighted by Gasteiger charge is -1.95. The van der Waals surface area contributed by atoms with E-state index in [-0.39, 0.29) is 0 Å². The number of H-pyrrole nitrogens is 1. The zero-order valence-corrected chi connectivity index (χ0v) is 7.91. The van der Waals surface area contributed by atoms with E-state index in [1.165, 1.54) is 4.88 Å². The molecule has 0 aliphatic rings. The molecule has 1 nitrogen and oxygen atoms in total. The first-order chi connectivity index (χ1) is 5.86. The summed E-state index contributed by atoms with van der Waals surface area (Å²) in [6, 6.07) is 9.98. The molecule has 0 spiro atoms. The fourth-order valence-electron chi connectivity index (χ4n) is 1.02. The van der Waals surface area contributed by atoms with E-state index >= 15 is 0 Å². The Morgan fingerprint density at radius 1 is 1.17 bits per heavy atom. The Bertz CT molecular complexity index is 414. The van der Waals surface area contributed by atoms with Crippen molar-refractivity contribution in [3.63, 3.8) is 0 Å². The average molecular weight is 193 g/mol. The smallest absolute Gasteiger partial charge is 0.103 e. The van der Waals surface area contributed by atoms with Gasteiger partial charge < -0.3 is 4.98 Å². The second kappa shape index (κ2) is 3.21. The molecule has 2 heterocycles. The molecule has 0 fully saturated rings. The van der Waals surface area contributed by atoms with Crippen LogP contribution in [0.4, 0.5) is 0 Å². The van der Waals surface area contributed by atoms with Gasteiger partial charge >= 0.3 is 0 Å². The van der Waals surface area contributed by atoms with Gasteiger partial charge in [-0.1, -0.05) is 24.4 Å². The van der Waals surface area contributed by atoms with Gasteiger partial charge in [0.1, 0.15) is 4.64 Å². The number of hydrogen-bond acceptors (Lipinski definition) is 2. The van der Waals surface area contributed by atoms with Crippen LogP contribution in [0.1, 0.15) is 0 Å². The molecule has 0 aromatic carbocycles. The Labute approximate surface area is 79.7 Å². The zero-order valence-electron chi connectivity index (χ0n) is 6.28. The summed E-state index contributed by atoms with van der Waals surface area (Å²) in [5.74, 6) is 0. The van der Waals surface area contributed by atoms with Crippen LogP contribution in [0, 0.1) is 4.64 Å². The second-order valence-corrected chi connectivity index (χ2v) is 3.79. The number of pyridine rings is 1. The molecule has 0 radical (unpaired) electrons. The molecule has 0 amide bonds. The summed E-state index contributed by atoms with van der Waals surface area (Å²) < 4.78 is 0.779. The summed E-state index contributed by atoms with van der Waals surface area (Å²) in [5.41, 5.74) is 1.09. The van der Waals surface area contributed by atoms with Crippen molar-refractivity contribution in [2.75, 3.05) is 0 Å². The van der Waals surface area contributed by atoms with Crippen molar-refractivity contribution >= 4 is 23.6 Å². The number of rotatable bonds is 1. The Morgan fingerprint density at radius 2 is 2.08 bits per heavy atom. The monoisotopic (exact) mass is 193 g/mol. The second-order valence-electron chi connectivity index (χ2n) is 2.41. The van der Waals surface area contributed by atoms with Gasteiger partial charge in [0.25, 0.3) is 0 Å². The van der Waals surface area contributed by atoms with E-state index in [0.717, 1.165) is 10.3 Å². The van der Waals surface area contributed by atoms with Gasteiger partial charge in [-0.05, 0) is 23.6 Å². The standard InChI is InChI=1S/C9H7NS2/c11-9-5-1-3-7(10-9)8-4-2-6-12-8/h1-6H,(H,10,11). The third-order valence-corrected chi connectivity index (χ3v) is 2.70. The lowest BCUT2D eigenvalue weighted by Crippen LogP contribution is -1.78. The number of nitrogens with one attached hydrogen (secondary N) is 1. The minimum Gasteiger partial charge on any atom is -0.345 e. The predicted octanol–water partition coefficient (Wildman–Crippen LogP) is 3.47. The molecule has 0 bridgehead atoms. The number of aromatic amines is 1. The molecule has 0 unspecified atom stereocenters. The maximum Gasteiger partial charge on any atom is 0.103 e. The molecule has 0 atom stereocenters. The summed E-state index contributed by atoms with van der Waals surface area (Å²) in [6.45, 7) is 0. The minimum absolute atomic E-state index is 0.779. The van der Waals surface area contributed by atoms with Gasteiger partial charge in [-0.2, -0.15) is 0 Å². The summed E-state index contributed by atoms with van der Waals surface area (Å²) in [7, 11) is 0. The summed E-state index contributed by atoms with van der Waals surface area (Å²) >= 11 is 6.73. The topological polar surface area (TPSA) is 15.8 Å². The average Bonchev–Trinajstić information content (AvgIpc) is 2.56. The Kier molecular flexibility index (Phi) is 2.06. The lowest BCUT2D eigenvalue weighted by atomic mass is 10.3. The quantitative estimate of drug-likeness (QED) is 0.686. The van der Waals surface area contributed by atoms with Crippen LogP contribution >= 0.6 is 23.6 Å². The highest BCUT2D eigenvalue weighted by atomic mass is 32.1. The molecular formula is C9H7NS2. The Hall–Kier alpha value is -0.930. The van der Waals surface area contributed by atoms with E-state index < -0.39 is 0 Å². The van der Waals surface area contributed by atoms with Gasteiger partial charge in [-0.15, -0.1) is 11.3 Å². The molecule has 60 valence electrons. The van der Waals surface area contributed by atoms with Crippen molar-refractivity contribution in [2.24, 2.45) is 0 Å². The van der Waals surface area contributed by atoms with E-state index in [1.54, 1.807) is 11.3 Å². The van der Waals surface area contributed by atoms with E-state index in [9.17, 15) is 0 Å². The SMILES string of the molecule is S=c1cccc(-c2cccs2)[nH]1. The van der Waals surface area contributed by atoms with Gasteiger partial charge in [0, 0.05) is 0 Å². The van der Waals surface area contributed by atoms with Crippen LogP contribution in [-0.2, 0) is 0 Å². The molecule has 0 saturated carbocycles.